The molecule has 0 fully saturated rings. The summed E-state index contributed by atoms with van der Waals surface area (Å²) < 4.78 is 23.5. The molecule has 1 aromatic heterocycles. The standard InChI is InChI=1S/C18H22N6O2S/c1-20-13-5-7-15-17(8-13)21-11-22-18(15)23-16-9-14(27(19,25)26)6-4-12(16)10-24(2)3/h4-9,11,20H,10H2,1-3H3,(H2,19,25,26)(H,21,22,23). The maximum absolute atomic E-state index is 11.8. The summed E-state index contributed by atoms with van der Waals surface area (Å²) in [6.45, 7) is 0.625. The minimum Gasteiger partial charge on any atom is -0.388 e. The Balaban J connectivity index is 2.09. The van der Waals surface area contributed by atoms with E-state index in [-0.39, 0.29) is 4.90 Å². The molecule has 3 rings (SSSR count). The summed E-state index contributed by atoms with van der Waals surface area (Å²) in [5, 5.41) is 12.5. The molecule has 1 heterocycles. The lowest BCUT2D eigenvalue weighted by Crippen LogP contribution is -2.15. The van der Waals surface area contributed by atoms with Crippen molar-refractivity contribution in [3.8, 4) is 0 Å². The molecule has 0 radical (unpaired) electrons. The summed E-state index contributed by atoms with van der Waals surface area (Å²) in [5.41, 5.74) is 3.27. The fourth-order valence-corrected chi connectivity index (χ4v) is 3.31. The van der Waals surface area contributed by atoms with Crippen LogP contribution in [0.25, 0.3) is 10.9 Å². The van der Waals surface area contributed by atoms with Crippen molar-refractivity contribution in [1.82, 2.24) is 14.9 Å². The van der Waals surface area contributed by atoms with Crippen LogP contribution in [0.3, 0.4) is 0 Å². The molecule has 0 saturated heterocycles. The smallest absolute Gasteiger partial charge is 0.238 e. The van der Waals surface area contributed by atoms with Crippen LogP contribution in [-0.4, -0.2) is 44.4 Å². The van der Waals surface area contributed by atoms with Crippen LogP contribution < -0.4 is 15.8 Å². The molecule has 142 valence electrons. The highest BCUT2D eigenvalue weighted by molar-refractivity contribution is 7.89. The van der Waals surface area contributed by atoms with Crippen LogP contribution in [0, 0.1) is 0 Å². The van der Waals surface area contributed by atoms with Crippen LogP contribution in [0.5, 0.6) is 0 Å². The average Bonchev–Trinajstić information content (AvgIpc) is 2.61. The monoisotopic (exact) mass is 386 g/mol. The summed E-state index contributed by atoms with van der Waals surface area (Å²) in [6, 6.07) is 10.6. The van der Waals surface area contributed by atoms with Gasteiger partial charge in [0.25, 0.3) is 0 Å². The van der Waals surface area contributed by atoms with E-state index in [0.29, 0.717) is 18.1 Å². The first kappa shape index (κ1) is 19.0. The highest BCUT2D eigenvalue weighted by atomic mass is 32.2. The highest BCUT2D eigenvalue weighted by Crippen LogP contribution is 2.28. The lowest BCUT2D eigenvalue weighted by molar-refractivity contribution is 0.403. The molecule has 4 N–H and O–H groups in total. The zero-order valence-electron chi connectivity index (χ0n) is 15.4. The van der Waals surface area contributed by atoms with Gasteiger partial charge in [-0.2, -0.15) is 0 Å². The lowest BCUT2D eigenvalue weighted by Gasteiger charge is -2.17. The van der Waals surface area contributed by atoms with E-state index in [0.717, 1.165) is 22.2 Å². The van der Waals surface area contributed by atoms with Gasteiger partial charge in [0.2, 0.25) is 10.0 Å². The molecule has 3 aromatic rings. The van der Waals surface area contributed by atoms with Crippen molar-refractivity contribution >= 4 is 38.1 Å². The van der Waals surface area contributed by atoms with Gasteiger partial charge in [0, 0.05) is 30.4 Å². The van der Waals surface area contributed by atoms with Crippen molar-refractivity contribution in [1.29, 1.82) is 0 Å². The predicted octanol–water partition coefficient (Wildman–Crippen LogP) is 2.12. The molecule has 9 heteroatoms. The summed E-state index contributed by atoms with van der Waals surface area (Å²) in [7, 11) is 1.91. The number of hydrogen-bond acceptors (Lipinski definition) is 7. The van der Waals surface area contributed by atoms with Crippen LogP contribution in [0.15, 0.2) is 47.6 Å². The Bertz CT molecular complexity index is 1080. The molecule has 0 bridgehead atoms. The third-order valence-corrected chi connectivity index (χ3v) is 4.99. The van der Waals surface area contributed by atoms with Crippen LogP contribution in [0.1, 0.15) is 5.56 Å². The SMILES string of the molecule is CNc1ccc2c(Nc3cc(S(N)(=O)=O)ccc3CN(C)C)ncnc2c1. The van der Waals surface area contributed by atoms with E-state index in [9.17, 15) is 8.42 Å². The molecule has 0 unspecified atom stereocenters. The van der Waals surface area contributed by atoms with E-state index in [1.807, 2.05) is 44.2 Å². The van der Waals surface area contributed by atoms with E-state index in [2.05, 4.69) is 20.6 Å². The number of fused-ring (bicyclic) bond motifs is 1. The number of hydrogen-bond donors (Lipinski definition) is 3. The largest absolute Gasteiger partial charge is 0.388 e. The topological polar surface area (TPSA) is 113 Å². The molecule has 2 aromatic carbocycles. The molecule has 0 aliphatic heterocycles. The Morgan fingerprint density at radius 2 is 1.89 bits per heavy atom. The zero-order chi connectivity index (χ0) is 19.6. The first-order valence-electron chi connectivity index (χ1n) is 8.28. The van der Waals surface area contributed by atoms with Gasteiger partial charge in [-0.15, -0.1) is 0 Å². The number of aromatic nitrogens is 2. The Hall–Kier alpha value is -2.75. The number of nitrogens with zero attached hydrogens (tertiary/aromatic N) is 3. The number of nitrogens with two attached hydrogens (primary N) is 1. The molecule has 8 nitrogen and oxygen atoms in total. The van der Waals surface area contributed by atoms with Crippen molar-refractivity contribution in [2.45, 2.75) is 11.4 Å². The normalized spacial score (nSPS) is 11.7. The van der Waals surface area contributed by atoms with Gasteiger partial charge in [-0.1, -0.05) is 6.07 Å². The van der Waals surface area contributed by atoms with Crippen molar-refractivity contribution in [2.24, 2.45) is 5.14 Å². The second-order valence-electron chi connectivity index (χ2n) is 6.43. The minimum atomic E-state index is -3.81. The van der Waals surface area contributed by atoms with E-state index in [1.54, 1.807) is 6.07 Å². The second-order valence-corrected chi connectivity index (χ2v) is 7.99. The summed E-state index contributed by atoms with van der Waals surface area (Å²) in [6.07, 6.45) is 1.47. The number of nitrogens with one attached hydrogen (secondary N) is 2. The van der Waals surface area contributed by atoms with Crippen molar-refractivity contribution in [2.75, 3.05) is 31.8 Å². The zero-order valence-corrected chi connectivity index (χ0v) is 16.2. The summed E-state index contributed by atoms with van der Waals surface area (Å²) >= 11 is 0. The maximum atomic E-state index is 11.8. The fraction of sp³-hybridized carbons (Fsp3) is 0.222. The highest BCUT2D eigenvalue weighted by Gasteiger charge is 2.14. The van der Waals surface area contributed by atoms with Gasteiger partial charge in [-0.05, 0) is 50.0 Å². The van der Waals surface area contributed by atoms with Crippen molar-refractivity contribution in [3.05, 3.63) is 48.3 Å². The third kappa shape index (κ3) is 4.33. The van der Waals surface area contributed by atoms with Crippen LogP contribution in [-0.2, 0) is 16.6 Å². The molecular formula is C18H22N6O2S. The lowest BCUT2D eigenvalue weighted by atomic mass is 10.1. The van der Waals surface area contributed by atoms with E-state index >= 15 is 0 Å². The van der Waals surface area contributed by atoms with Gasteiger partial charge in [0.1, 0.15) is 12.1 Å². The molecule has 0 atom stereocenters. The van der Waals surface area contributed by atoms with Gasteiger partial charge < -0.3 is 15.5 Å². The van der Waals surface area contributed by atoms with Gasteiger partial charge >= 0.3 is 0 Å². The molecule has 27 heavy (non-hydrogen) atoms. The second kappa shape index (κ2) is 7.47. The van der Waals surface area contributed by atoms with Crippen LogP contribution in [0.4, 0.5) is 17.2 Å². The first-order chi connectivity index (χ1) is 12.8. The molecule has 0 spiro atoms. The number of sulfonamides is 1. The first-order valence-corrected chi connectivity index (χ1v) is 9.82. The fourth-order valence-electron chi connectivity index (χ4n) is 2.77. The quantitative estimate of drug-likeness (QED) is 0.595. The summed E-state index contributed by atoms with van der Waals surface area (Å²) in [5.74, 6) is 0.592. The van der Waals surface area contributed by atoms with E-state index in [1.165, 1.54) is 18.5 Å². The molecule has 0 saturated carbocycles. The Morgan fingerprint density at radius 1 is 1.11 bits per heavy atom. The van der Waals surface area contributed by atoms with Gasteiger partial charge in [-0.25, -0.2) is 23.5 Å². The molecule has 0 aliphatic rings. The number of rotatable bonds is 6. The van der Waals surface area contributed by atoms with Crippen molar-refractivity contribution in [3.63, 3.8) is 0 Å². The number of anilines is 3. The maximum Gasteiger partial charge on any atom is 0.238 e. The van der Waals surface area contributed by atoms with Crippen LogP contribution >= 0.6 is 0 Å². The predicted molar refractivity (Wildman–Crippen MR) is 108 cm³/mol. The minimum absolute atomic E-state index is 0.0448. The Morgan fingerprint density at radius 3 is 2.56 bits per heavy atom. The molecular weight excluding hydrogens is 364 g/mol. The Labute approximate surface area is 158 Å². The third-order valence-electron chi connectivity index (χ3n) is 4.07. The number of primary sulfonamides is 1. The van der Waals surface area contributed by atoms with E-state index < -0.39 is 10.0 Å². The molecule has 0 amide bonds. The Kier molecular flexibility index (Phi) is 5.26. The van der Waals surface area contributed by atoms with Gasteiger partial charge in [0.05, 0.1) is 10.4 Å². The van der Waals surface area contributed by atoms with E-state index in [4.69, 9.17) is 5.14 Å². The average molecular weight is 386 g/mol. The van der Waals surface area contributed by atoms with Crippen molar-refractivity contribution < 1.29 is 8.42 Å². The van der Waals surface area contributed by atoms with Gasteiger partial charge in [-0.3, -0.25) is 0 Å². The van der Waals surface area contributed by atoms with Gasteiger partial charge in [0.15, 0.2) is 0 Å². The van der Waals surface area contributed by atoms with Crippen LogP contribution in [0.2, 0.25) is 0 Å². The summed E-state index contributed by atoms with van der Waals surface area (Å²) in [4.78, 5) is 10.7. The molecule has 0 aliphatic carbocycles. The number of benzene rings is 2.